The molecule has 0 bridgehead atoms. The van der Waals surface area contributed by atoms with Gasteiger partial charge in [0.25, 0.3) is 5.91 Å². The minimum absolute atomic E-state index is 0.218. The van der Waals surface area contributed by atoms with E-state index in [-0.39, 0.29) is 5.91 Å². The van der Waals surface area contributed by atoms with Gasteiger partial charge in [0.2, 0.25) is 0 Å². The SMILES string of the molecule is Cc1cccc(O[C@H](C)C(=O)Nc2ccnn2Cc2ccc(Br)cc2)c1. The lowest BCUT2D eigenvalue weighted by Gasteiger charge is -2.16. The molecule has 0 aliphatic heterocycles. The van der Waals surface area contributed by atoms with Gasteiger partial charge in [-0.15, -0.1) is 0 Å². The first-order chi connectivity index (χ1) is 12.5. The van der Waals surface area contributed by atoms with Crippen LogP contribution in [-0.2, 0) is 11.3 Å². The molecule has 0 saturated carbocycles. The average molecular weight is 414 g/mol. The van der Waals surface area contributed by atoms with E-state index in [0.29, 0.717) is 18.1 Å². The molecule has 0 aliphatic rings. The highest BCUT2D eigenvalue weighted by Crippen LogP contribution is 2.16. The van der Waals surface area contributed by atoms with Crippen molar-refractivity contribution in [3.63, 3.8) is 0 Å². The molecule has 1 amide bonds. The van der Waals surface area contributed by atoms with Crippen LogP contribution in [0.4, 0.5) is 5.82 Å². The molecule has 1 atom stereocenters. The van der Waals surface area contributed by atoms with E-state index in [1.807, 2.05) is 55.5 Å². The fourth-order valence-corrected chi connectivity index (χ4v) is 2.77. The average Bonchev–Trinajstić information content (AvgIpc) is 3.03. The summed E-state index contributed by atoms with van der Waals surface area (Å²) in [5.41, 5.74) is 2.18. The van der Waals surface area contributed by atoms with Gasteiger partial charge in [-0.05, 0) is 49.2 Å². The second kappa shape index (κ2) is 8.19. The molecule has 0 spiro atoms. The fraction of sp³-hybridized carbons (Fsp3) is 0.200. The number of halogens is 1. The van der Waals surface area contributed by atoms with Gasteiger partial charge in [-0.25, -0.2) is 4.68 Å². The third-order valence-electron chi connectivity index (χ3n) is 3.89. The zero-order valence-corrected chi connectivity index (χ0v) is 16.2. The molecule has 6 heteroatoms. The highest BCUT2D eigenvalue weighted by Gasteiger charge is 2.17. The quantitative estimate of drug-likeness (QED) is 0.650. The van der Waals surface area contributed by atoms with E-state index >= 15 is 0 Å². The van der Waals surface area contributed by atoms with Gasteiger partial charge in [0.05, 0.1) is 12.7 Å². The summed E-state index contributed by atoms with van der Waals surface area (Å²) in [6.45, 7) is 4.29. The van der Waals surface area contributed by atoms with Gasteiger partial charge < -0.3 is 10.1 Å². The zero-order valence-electron chi connectivity index (χ0n) is 14.6. The van der Waals surface area contributed by atoms with Gasteiger partial charge >= 0.3 is 0 Å². The van der Waals surface area contributed by atoms with Crippen LogP contribution in [0.3, 0.4) is 0 Å². The van der Waals surface area contributed by atoms with Crippen molar-refractivity contribution in [3.05, 3.63) is 76.4 Å². The number of nitrogens with zero attached hydrogens (tertiary/aromatic N) is 2. The maximum atomic E-state index is 12.5. The molecule has 1 N–H and O–H groups in total. The zero-order chi connectivity index (χ0) is 18.5. The van der Waals surface area contributed by atoms with Crippen LogP contribution in [0, 0.1) is 6.92 Å². The molecule has 134 valence electrons. The van der Waals surface area contributed by atoms with Crippen molar-refractivity contribution < 1.29 is 9.53 Å². The van der Waals surface area contributed by atoms with Crippen LogP contribution < -0.4 is 10.1 Å². The Morgan fingerprint density at radius 2 is 2.00 bits per heavy atom. The predicted molar refractivity (Wildman–Crippen MR) is 105 cm³/mol. The van der Waals surface area contributed by atoms with Gasteiger partial charge in [-0.1, -0.05) is 40.2 Å². The number of aromatic nitrogens is 2. The number of hydrogen-bond acceptors (Lipinski definition) is 3. The van der Waals surface area contributed by atoms with E-state index < -0.39 is 6.10 Å². The second-order valence-corrected chi connectivity index (χ2v) is 6.98. The van der Waals surface area contributed by atoms with Crippen molar-refractivity contribution in [2.45, 2.75) is 26.5 Å². The van der Waals surface area contributed by atoms with Crippen LogP contribution in [0.15, 0.2) is 65.3 Å². The third-order valence-corrected chi connectivity index (χ3v) is 4.41. The molecular weight excluding hydrogens is 394 g/mol. The fourth-order valence-electron chi connectivity index (χ4n) is 2.50. The Hall–Kier alpha value is -2.60. The van der Waals surface area contributed by atoms with Gasteiger partial charge in [-0.3, -0.25) is 4.79 Å². The number of benzene rings is 2. The number of nitrogens with one attached hydrogen (secondary N) is 1. The molecule has 2 aromatic carbocycles. The highest BCUT2D eigenvalue weighted by molar-refractivity contribution is 9.10. The lowest BCUT2D eigenvalue weighted by atomic mass is 10.2. The Balaban J connectivity index is 1.64. The Bertz CT molecular complexity index is 890. The van der Waals surface area contributed by atoms with Crippen LogP contribution in [-0.4, -0.2) is 21.8 Å². The van der Waals surface area contributed by atoms with E-state index in [9.17, 15) is 4.79 Å². The van der Waals surface area contributed by atoms with Gasteiger partial charge in [-0.2, -0.15) is 5.10 Å². The second-order valence-electron chi connectivity index (χ2n) is 6.07. The Kier molecular flexibility index (Phi) is 5.73. The van der Waals surface area contributed by atoms with E-state index in [0.717, 1.165) is 15.6 Å². The van der Waals surface area contributed by atoms with Crippen LogP contribution in [0.1, 0.15) is 18.1 Å². The topological polar surface area (TPSA) is 56.1 Å². The Morgan fingerprint density at radius 3 is 2.73 bits per heavy atom. The summed E-state index contributed by atoms with van der Waals surface area (Å²) in [6, 6.07) is 17.4. The summed E-state index contributed by atoms with van der Waals surface area (Å²) >= 11 is 3.42. The number of anilines is 1. The standard InChI is InChI=1S/C20H20BrN3O2/c1-14-4-3-5-18(12-14)26-15(2)20(25)23-19-10-11-22-24(19)13-16-6-8-17(21)9-7-16/h3-12,15H,13H2,1-2H3,(H,23,25)/t15-/m1/s1. The number of rotatable bonds is 6. The van der Waals surface area contributed by atoms with Crippen molar-refractivity contribution >= 4 is 27.7 Å². The first kappa shape index (κ1) is 18.2. The van der Waals surface area contributed by atoms with Crippen LogP contribution in [0.2, 0.25) is 0 Å². The monoisotopic (exact) mass is 413 g/mol. The number of carbonyl (C=O) groups is 1. The van der Waals surface area contributed by atoms with Crippen molar-refractivity contribution in [1.29, 1.82) is 0 Å². The molecule has 0 unspecified atom stereocenters. The van der Waals surface area contributed by atoms with Crippen molar-refractivity contribution in [1.82, 2.24) is 9.78 Å². The molecule has 1 heterocycles. The lowest BCUT2D eigenvalue weighted by molar-refractivity contribution is -0.122. The van der Waals surface area contributed by atoms with Crippen molar-refractivity contribution in [3.8, 4) is 5.75 Å². The van der Waals surface area contributed by atoms with Crippen molar-refractivity contribution in [2.75, 3.05) is 5.32 Å². The van der Waals surface area contributed by atoms with E-state index in [4.69, 9.17) is 4.74 Å². The largest absolute Gasteiger partial charge is 0.481 e. The number of aryl methyl sites for hydroxylation is 1. The van der Waals surface area contributed by atoms with Gasteiger partial charge in [0, 0.05) is 10.5 Å². The number of amides is 1. The molecule has 0 radical (unpaired) electrons. The minimum Gasteiger partial charge on any atom is -0.481 e. The maximum Gasteiger partial charge on any atom is 0.266 e. The molecule has 26 heavy (non-hydrogen) atoms. The normalized spacial score (nSPS) is 11.8. The molecule has 0 saturated heterocycles. The molecule has 3 aromatic rings. The van der Waals surface area contributed by atoms with Crippen LogP contribution >= 0.6 is 15.9 Å². The van der Waals surface area contributed by atoms with Crippen LogP contribution in [0.25, 0.3) is 0 Å². The van der Waals surface area contributed by atoms with Crippen molar-refractivity contribution in [2.24, 2.45) is 0 Å². The highest BCUT2D eigenvalue weighted by atomic mass is 79.9. The first-order valence-electron chi connectivity index (χ1n) is 8.32. The molecular formula is C20H20BrN3O2. The molecule has 0 aliphatic carbocycles. The molecule has 3 rings (SSSR count). The summed E-state index contributed by atoms with van der Waals surface area (Å²) in [7, 11) is 0. The smallest absolute Gasteiger partial charge is 0.266 e. The van der Waals surface area contributed by atoms with E-state index in [1.54, 1.807) is 23.9 Å². The molecule has 5 nitrogen and oxygen atoms in total. The third kappa shape index (κ3) is 4.73. The summed E-state index contributed by atoms with van der Waals surface area (Å²) in [5.74, 6) is 1.10. The maximum absolute atomic E-state index is 12.5. The number of carbonyl (C=O) groups excluding carboxylic acids is 1. The minimum atomic E-state index is -0.618. The summed E-state index contributed by atoms with van der Waals surface area (Å²) < 4.78 is 8.51. The number of hydrogen-bond donors (Lipinski definition) is 1. The summed E-state index contributed by atoms with van der Waals surface area (Å²) in [5, 5.41) is 7.18. The molecule has 1 aromatic heterocycles. The number of ether oxygens (including phenoxy) is 1. The van der Waals surface area contributed by atoms with Gasteiger partial charge in [0.1, 0.15) is 11.6 Å². The lowest BCUT2D eigenvalue weighted by Crippen LogP contribution is -2.31. The Morgan fingerprint density at radius 1 is 1.23 bits per heavy atom. The summed E-state index contributed by atoms with van der Waals surface area (Å²) in [4.78, 5) is 12.5. The first-order valence-corrected chi connectivity index (χ1v) is 9.11. The summed E-state index contributed by atoms with van der Waals surface area (Å²) in [6.07, 6.45) is 1.05. The van der Waals surface area contributed by atoms with E-state index in [2.05, 4.69) is 26.3 Å². The van der Waals surface area contributed by atoms with E-state index in [1.165, 1.54) is 0 Å². The predicted octanol–water partition coefficient (Wildman–Crippen LogP) is 4.41. The Labute approximate surface area is 161 Å². The van der Waals surface area contributed by atoms with Gasteiger partial charge in [0.15, 0.2) is 6.10 Å². The van der Waals surface area contributed by atoms with Crippen LogP contribution in [0.5, 0.6) is 5.75 Å². The molecule has 0 fully saturated rings.